The van der Waals surface area contributed by atoms with Crippen LogP contribution in [0.4, 0.5) is 4.79 Å². The van der Waals surface area contributed by atoms with Crippen molar-refractivity contribution in [1.29, 1.82) is 0 Å². The summed E-state index contributed by atoms with van der Waals surface area (Å²) < 4.78 is 5.52. The van der Waals surface area contributed by atoms with Gasteiger partial charge in [-0.05, 0) is 25.3 Å². The van der Waals surface area contributed by atoms with Crippen molar-refractivity contribution in [3.8, 4) is 0 Å². The Morgan fingerprint density at radius 2 is 2.00 bits per heavy atom. The Kier molecular flexibility index (Phi) is 7.16. The molecule has 2 fully saturated rings. The zero-order valence-corrected chi connectivity index (χ0v) is 16.7. The lowest BCUT2D eigenvalue weighted by Crippen LogP contribution is -2.50. The fourth-order valence-electron chi connectivity index (χ4n) is 3.97. The lowest BCUT2D eigenvalue weighted by molar-refractivity contribution is 0.0188. The Labute approximate surface area is 166 Å². The summed E-state index contributed by atoms with van der Waals surface area (Å²) in [6.07, 6.45) is 5.91. The molecule has 0 bridgehead atoms. The SMILES string of the molecule is CN(C)C(=O)N1CCC(N(CCNC(=O)c2ccnnc2)C2CCOCC2)C1. The molecule has 1 unspecified atom stereocenters. The van der Waals surface area contributed by atoms with Crippen LogP contribution in [0.5, 0.6) is 0 Å². The number of likely N-dealkylation sites (tertiary alicyclic amines) is 1. The number of hydrogen-bond acceptors (Lipinski definition) is 6. The van der Waals surface area contributed by atoms with Crippen molar-refractivity contribution in [2.24, 2.45) is 0 Å². The maximum atomic E-state index is 12.3. The standard InChI is InChI=1S/C19H30N6O3/c1-23(2)19(27)24-9-4-17(14-24)25(16-5-11-28-12-6-16)10-8-20-18(26)15-3-7-21-22-13-15/h3,7,13,16-17H,4-6,8-12,14H2,1-2H3,(H,20,26). The lowest BCUT2D eigenvalue weighted by Gasteiger charge is -2.38. The highest BCUT2D eigenvalue weighted by atomic mass is 16.5. The van der Waals surface area contributed by atoms with E-state index in [9.17, 15) is 9.59 Å². The van der Waals surface area contributed by atoms with Crippen molar-refractivity contribution in [2.75, 3.05) is 53.5 Å². The van der Waals surface area contributed by atoms with Gasteiger partial charge < -0.3 is 19.9 Å². The average molecular weight is 390 g/mol. The number of rotatable bonds is 6. The van der Waals surface area contributed by atoms with E-state index in [0.29, 0.717) is 24.2 Å². The summed E-state index contributed by atoms with van der Waals surface area (Å²) >= 11 is 0. The molecule has 3 rings (SSSR count). The maximum absolute atomic E-state index is 12.3. The van der Waals surface area contributed by atoms with Crippen molar-refractivity contribution in [3.63, 3.8) is 0 Å². The van der Waals surface area contributed by atoms with Crippen molar-refractivity contribution in [3.05, 3.63) is 24.0 Å². The largest absolute Gasteiger partial charge is 0.381 e. The molecule has 0 radical (unpaired) electrons. The van der Waals surface area contributed by atoms with Crippen LogP contribution in [-0.4, -0.2) is 102 Å². The van der Waals surface area contributed by atoms with E-state index in [4.69, 9.17) is 4.74 Å². The summed E-state index contributed by atoms with van der Waals surface area (Å²) in [5.41, 5.74) is 0.510. The third kappa shape index (κ3) is 5.17. The predicted octanol–water partition coefficient (Wildman–Crippen LogP) is 0.443. The molecule has 1 atom stereocenters. The summed E-state index contributed by atoms with van der Waals surface area (Å²) in [4.78, 5) is 30.6. The minimum absolute atomic E-state index is 0.0629. The maximum Gasteiger partial charge on any atom is 0.319 e. The zero-order valence-electron chi connectivity index (χ0n) is 16.7. The Morgan fingerprint density at radius 3 is 2.68 bits per heavy atom. The van der Waals surface area contributed by atoms with Gasteiger partial charge in [0, 0.05) is 65.6 Å². The Morgan fingerprint density at radius 1 is 1.21 bits per heavy atom. The van der Waals surface area contributed by atoms with E-state index < -0.39 is 0 Å². The number of carbonyl (C=O) groups is 2. The first-order valence-electron chi connectivity index (χ1n) is 9.91. The number of amides is 3. The first-order valence-corrected chi connectivity index (χ1v) is 9.91. The van der Waals surface area contributed by atoms with Crippen molar-refractivity contribution in [1.82, 2.24) is 30.2 Å². The number of aromatic nitrogens is 2. The molecule has 1 N–H and O–H groups in total. The number of urea groups is 1. The van der Waals surface area contributed by atoms with E-state index in [1.54, 1.807) is 25.1 Å². The molecule has 2 saturated heterocycles. The molecule has 154 valence electrons. The van der Waals surface area contributed by atoms with E-state index in [1.807, 2.05) is 4.90 Å². The van der Waals surface area contributed by atoms with Gasteiger partial charge in [0.05, 0.1) is 18.0 Å². The Balaban J connectivity index is 1.58. The molecule has 2 aliphatic heterocycles. The summed E-state index contributed by atoms with van der Waals surface area (Å²) in [6, 6.07) is 2.45. The van der Waals surface area contributed by atoms with Gasteiger partial charge in [-0.15, -0.1) is 0 Å². The number of hydrogen-bond donors (Lipinski definition) is 1. The van der Waals surface area contributed by atoms with Gasteiger partial charge in [0.2, 0.25) is 0 Å². The molecule has 3 amide bonds. The second-order valence-electron chi connectivity index (χ2n) is 7.53. The molecule has 0 spiro atoms. The minimum atomic E-state index is -0.141. The third-order valence-corrected chi connectivity index (χ3v) is 5.45. The predicted molar refractivity (Wildman–Crippen MR) is 104 cm³/mol. The number of ether oxygens (including phenoxy) is 1. The lowest BCUT2D eigenvalue weighted by atomic mass is 10.0. The van der Waals surface area contributed by atoms with Gasteiger partial charge >= 0.3 is 6.03 Å². The average Bonchev–Trinajstić information content (AvgIpc) is 3.21. The van der Waals surface area contributed by atoms with Gasteiger partial charge in [0.15, 0.2) is 0 Å². The summed E-state index contributed by atoms with van der Waals surface area (Å²) in [5.74, 6) is -0.141. The van der Waals surface area contributed by atoms with Crippen molar-refractivity contribution >= 4 is 11.9 Å². The van der Waals surface area contributed by atoms with Gasteiger partial charge in [-0.25, -0.2) is 4.79 Å². The molecule has 1 aromatic rings. The monoisotopic (exact) mass is 390 g/mol. The quantitative estimate of drug-likeness (QED) is 0.758. The van der Waals surface area contributed by atoms with Gasteiger partial charge in [0.25, 0.3) is 5.91 Å². The Hall–Kier alpha value is -2.26. The molecule has 1 aromatic heterocycles. The highest BCUT2D eigenvalue weighted by molar-refractivity contribution is 5.93. The third-order valence-electron chi connectivity index (χ3n) is 5.45. The fraction of sp³-hybridized carbons (Fsp3) is 0.684. The number of carbonyl (C=O) groups excluding carboxylic acids is 2. The van der Waals surface area contributed by atoms with Crippen LogP contribution >= 0.6 is 0 Å². The van der Waals surface area contributed by atoms with E-state index in [1.165, 1.54) is 12.4 Å². The van der Waals surface area contributed by atoms with Crippen molar-refractivity contribution in [2.45, 2.75) is 31.3 Å². The van der Waals surface area contributed by atoms with Gasteiger partial charge in [0.1, 0.15) is 0 Å². The number of nitrogens with one attached hydrogen (secondary N) is 1. The molecular weight excluding hydrogens is 360 g/mol. The first kappa shape index (κ1) is 20.5. The molecule has 9 heteroatoms. The van der Waals surface area contributed by atoms with E-state index in [-0.39, 0.29) is 11.9 Å². The highest BCUT2D eigenvalue weighted by Crippen LogP contribution is 2.23. The first-order chi connectivity index (χ1) is 13.6. The summed E-state index contributed by atoms with van der Waals surface area (Å²) in [6.45, 7) is 4.35. The van der Waals surface area contributed by atoms with Crippen LogP contribution in [0.25, 0.3) is 0 Å². The van der Waals surface area contributed by atoms with Gasteiger partial charge in [-0.2, -0.15) is 10.2 Å². The molecule has 0 saturated carbocycles. The number of nitrogens with zero attached hydrogens (tertiary/aromatic N) is 5. The molecule has 9 nitrogen and oxygen atoms in total. The van der Waals surface area contributed by atoms with E-state index >= 15 is 0 Å². The van der Waals surface area contributed by atoms with Crippen LogP contribution < -0.4 is 5.32 Å². The van der Waals surface area contributed by atoms with Crippen LogP contribution in [-0.2, 0) is 4.74 Å². The van der Waals surface area contributed by atoms with E-state index in [2.05, 4.69) is 20.4 Å². The Bertz CT molecular complexity index is 650. The molecule has 3 heterocycles. The smallest absolute Gasteiger partial charge is 0.319 e. The van der Waals surface area contributed by atoms with Gasteiger partial charge in [-0.3, -0.25) is 9.69 Å². The highest BCUT2D eigenvalue weighted by Gasteiger charge is 2.34. The zero-order chi connectivity index (χ0) is 19.9. The van der Waals surface area contributed by atoms with Crippen LogP contribution in [0.3, 0.4) is 0 Å². The van der Waals surface area contributed by atoms with Crippen molar-refractivity contribution < 1.29 is 14.3 Å². The van der Waals surface area contributed by atoms with E-state index in [0.717, 1.165) is 52.1 Å². The molecule has 28 heavy (non-hydrogen) atoms. The van der Waals surface area contributed by atoms with Crippen LogP contribution in [0.1, 0.15) is 29.6 Å². The van der Waals surface area contributed by atoms with Crippen LogP contribution in [0, 0.1) is 0 Å². The summed E-state index contributed by atoms with van der Waals surface area (Å²) in [5, 5.41) is 10.4. The van der Waals surface area contributed by atoms with Crippen LogP contribution in [0.2, 0.25) is 0 Å². The molecule has 0 aromatic carbocycles. The van der Waals surface area contributed by atoms with Gasteiger partial charge in [-0.1, -0.05) is 0 Å². The van der Waals surface area contributed by atoms with Crippen LogP contribution in [0.15, 0.2) is 18.5 Å². The molecular formula is C19H30N6O3. The molecule has 2 aliphatic rings. The molecule has 0 aliphatic carbocycles. The second-order valence-corrected chi connectivity index (χ2v) is 7.53. The fourth-order valence-corrected chi connectivity index (χ4v) is 3.97. The minimum Gasteiger partial charge on any atom is -0.381 e. The normalized spacial score (nSPS) is 20.4. The summed E-state index contributed by atoms with van der Waals surface area (Å²) in [7, 11) is 3.57. The topological polar surface area (TPSA) is 90.9 Å². The second kappa shape index (κ2) is 9.79.